The highest BCUT2D eigenvalue weighted by molar-refractivity contribution is 6.31. The van der Waals surface area contributed by atoms with E-state index < -0.39 is 0 Å². The van der Waals surface area contributed by atoms with Gasteiger partial charge in [-0.25, -0.2) is 0 Å². The van der Waals surface area contributed by atoms with Gasteiger partial charge in [0, 0.05) is 31.2 Å². The monoisotopic (exact) mass is 352 g/mol. The van der Waals surface area contributed by atoms with E-state index >= 15 is 0 Å². The lowest BCUT2D eigenvalue weighted by molar-refractivity contribution is 0.0178. The summed E-state index contributed by atoms with van der Waals surface area (Å²) >= 11 is 6.44. The fraction of sp³-hybridized carbons (Fsp3) is 0.588. The van der Waals surface area contributed by atoms with Crippen LogP contribution < -0.4 is 5.73 Å². The molecule has 0 amide bonds. The van der Waals surface area contributed by atoms with Crippen molar-refractivity contribution in [3.63, 3.8) is 0 Å². The fourth-order valence-corrected chi connectivity index (χ4v) is 3.38. The van der Waals surface area contributed by atoms with Crippen LogP contribution in [0.3, 0.4) is 0 Å². The summed E-state index contributed by atoms with van der Waals surface area (Å²) in [6.45, 7) is 6.82. The molecule has 2 aliphatic rings. The predicted molar refractivity (Wildman–Crippen MR) is 95.5 cm³/mol. The number of hydrogen-bond acceptors (Lipinski definition) is 4. The number of hydrogen-bond donors (Lipinski definition) is 1. The van der Waals surface area contributed by atoms with Crippen molar-refractivity contribution in [1.82, 2.24) is 9.80 Å². The minimum atomic E-state index is 0.113. The second-order valence-electron chi connectivity index (χ2n) is 5.98. The van der Waals surface area contributed by atoms with Gasteiger partial charge in [0.15, 0.2) is 5.96 Å². The van der Waals surface area contributed by atoms with Crippen LogP contribution >= 0.6 is 11.6 Å². The van der Waals surface area contributed by atoms with E-state index in [0.717, 1.165) is 50.0 Å². The average molecular weight is 353 g/mol. The molecule has 0 bridgehead atoms. The van der Waals surface area contributed by atoms with Crippen molar-refractivity contribution in [2.45, 2.75) is 6.04 Å². The van der Waals surface area contributed by atoms with Crippen LogP contribution in [0.5, 0.6) is 0 Å². The average Bonchev–Trinajstić information content (AvgIpc) is 2.65. The highest BCUT2D eigenvalue weighted by atomic mass is 35.5. The fourth-order valence-electron chi connectivity index (χ4n) is 3.12. The van der Waals surface area contributed by atoms with Crippen LogP contribution in [0, 0.1) is 0 Å². The van der Waals surface area contributed by atoms with Gasteiger partial charge in [-0.05, 0) is 11.6 Å². The van der Waals surface area contributed by atoms with Crippen LogP contribution in [-0.4, -0.2) is 74.9 Å². The second-order valence-corrected chi connectivity index (χ2v) is 6.39. The summed E-state index contributed by atoms with van der Waals surface area (Å²) in [4.78, 5) is 9.12. The quantitative estimate of drug-likeness (QED) is 0.655. The number of morpholine rings is 2. The number of guanidine groups is 1. The molecule has 6 nitrogen and oxygen atoms in total. The molecular weight excluding hydrogens is 328 g/mol. The van der Waals surface area contributed by atoms with E-state index in [1.54, 1.807) is 0 Å². The third-order valence-corrected chi connectivity index (χ3v) is 4.86. The van der Waals surface area contributed by atoms with E-state index in [0.29, 0.717) is 25.7 Å². The first-order valence-corrected chi connectivity index (χ1v) is 8.82. The Balaban J connectivity index is 1.75. The summed E-state index contributed by atoms with van der Waals surface area (Å²) in [6, 6.07) is 8.08. The Labute approximate surface area is 148 Å². The molecule has 1 aromatic rings. The van der Waals surface area contributed by atoms with Crippen molar-refractivity contribution in [3.8, 4) is 0 Å². The summed E-state index contributed by atoms with van der Waals surface area (Å²) in [5.41, 5.74) is 7.28. The summed E-state index contributed by atoms with van der Waals surface area (Å²) < 4.78 is 10.8. The van der Waals surface area contributed by atoms with Crippen molar-refractivity contribution in [2.24, 2.45) is 10.7 Å². The van der Waals surface area contributed by atoms with Gasteiger partial charge in [-0.15, -0.1) is 0 Å². The Kier molecular flexibility index (Phi) is 6.31. The highest BCUT2D eigenvalue weighted by Crippen LogP contribution is 2.28. The van der Waals surface area contributed by atoms with Gasteiger partial charge in [0.05, 0.1) is 39.0 Å². The molecule has 2 heterocycles. The van der Waals surface area contributed by atoms with Crippen molar-refractivity contribution in [2.75, 3.05) is 59.2 Å². The minimum Gasteiger partial charge on any atom is -0.379 e. The van der Waals surface area contributed by atoms with Crippen LogP contribution in [0.1, 0.15) is 11.6 Å². The normalized spacial score (nSPS) is 21.7. The molecule has 0 saturated carbocycles. The van der Waals surface area contributed by atoms with Crippen LogP contribution in [0.2, 0.25) is 5.02 Å². The molecule has 2 aliphatic heterocycles. The Hall–Kier alpha value is -1.34. The number of halogens is 1. The van der Waals surface area contributed by atoms with Crippen molar-refractivity contribution in [3.05, 3.63) is 34.9 Å². The molecule has 7 heteroatoms. The van der Waals surface area contributed by atoms with Crippen LogP contribution in [-0.2, 0) is 9.47 Å². The van der Waals surface area contributed by atoms with Gasteiger partial charge in [-0.1, -0.05) is 29.8 Å². The number of nitrogens with zero attached hydrogens (tertiary/aromatic N) is 3. The Morgan fingerprint density at radius 3 is 2.38 bits per heavy atom. The lowest BCUT2D eigenvalue weighted by atomic mass is 10.0. The molecule has 0 spiro atoms. The zero-order valence-electron chi connectivity index (χ0n) is 13.9. The molecule has 2 saturated heterocycles. The largest absolute Gasteiger partial charge is 0.379 e. The van der Waals surface area contributed by atoms with Gasteiger partial charge in [0.25, 0.3) is 0 Å². The van der Waals surface area contributed by atoms with Gasteiger partial charge in [-0.3, -0.25) is 9.89 Å². The van der Waals surface area contributed by atoms with Crippen molar-refractivity contribution < 1.29 is 9.47 Å². The summed E-state index contributed by atoms with van der Waals surface area (Å²) in [5.74, 6) is 0.587. The summed E-state index contributed by atoms with van der Waals surface area (Å²) in [6.07, 6.45) is 0. The van der Waals surface area contributed by atoms with Crippen LogP contribution in [0.4, 0.5) is 0 Å². The number of nitrogens with two attached hydrogens (primary N) is 1. The molecule has 1 unspecified atom stereocenters. The van der Waals surface area contributed by atoms with Gasteiger partial charge in [0.2, 0.25) is 0 Å². The minimum absolute atomic E-state index is 0.113. The van der Waals surface area contributed by atoms with Gasteiger partial charge in [-0.2, -0.15) is 0 Å². The molecule has 0 aliphatic carbocycles. The third kappa shape index (κ3) is 4.39. The Morgan fingerprint density at radius 1 is 1.08 bits per heavy atom. The molecule has 24 heavy (non-hydrogen) atoms. The summed E-state index contributed by atoms with van der Waals surface area (Å²) in [7, 11) is 0. The van der Waals surface area contributed by atoms with Crippen molar-refractivity contribution in [1.29, 1.82) is 0 Å². The molecule has 0 aromatic heterocycles. The van der Waals surface area contributed by atoms with Crippen molar-refractivity contribution >= 4 is 17.6 Å². The summed E-state index contributed by atoms with van der Waals surface area (Å²) in [5, 5.41) is 0.772. The Bertz CT molecular complexity index is 557. The molecule has 3 rings (SSSR count). The van der Waals surface area contributed by atoms with Crippen LogP contribution in [0.15, 0.2) is 29.3 Å². The lowest BCUT2D eigenvalue weighted by Gasteiger charge is -2.35. The second kappa shape index (κ2) is 8.67. The van der Waals surface area contributed by atoms with Gasteiger partial charge >= 0.3 is 0 Å². The molecule has 132 valence electrons. The first kappa shape index (κ1) is 17.5. The standard InChI is InChI=1S/C17H25ClN4O2/c18-15-4-2-1-3-14(15)16(21-5-9-23-10-6-21)13-20-17(19)22-7-11-24-12-8-22/h1-4,16H,5-13H2,(H2,19,20). The topological polar surface area (TPSA) is 63.3 Å². The smallest absolute Gasteiger partial charge is 0.191 e. The zero-order valence-corrected chi connectivity index (χ0v) is 14.6. The zero-order chi connectivity index (χ0) is 16.8. The molecule has 1 aromatic carbocycles. The number of aliphatic imine (C=N–C) groups is 1. The van der Waals surface area contributed by atoms with E-state index in [-0.39, 0.29) is 6.04 Å². The van der Waals surface area contributed by atoms with E-state index in [1.807, 2.05) is 18.2 Å². The van der Waals surface area contributed by atoms with E-state index in [9.17, 15) is 0 Å². The number of benzene rings is 1. The molecule has 2 N–H and O–H groups in total. The lowest BCUT2D eigenvalue weighted by Crippen LogP contribution is -2.45. The van der Waals surface area contributed by atoms with Gasteiger partial charge in [0.1, 0.15) is 0 Å². The highest BCUT2D eigenvalue weighted by Gasteiger charge is 2.24. The van der Waals surface area contributed by atoms with Crippen LogP contribution in [0.25, 0.3) is 0 Å². The first-order valence-electron chi connectivity index (χ1n) is 8.44. The van der Waals surface area contributed by atoms with E-state index in [1.165, 1.54) is 0 Å². The number of rotatable bonds is 4. The SMILES string of the molecule is NC(=NCC(c1ccccc1Cl)N1CCOCC1)N1CCOCC1. The molecule has 1 atom stereocenters. The molecule has 2 fully saturated rings. The maximum atomic E-state index is 6.44. The predicted octanol–water partition coefficient (Wildman–Crippen LogP) is 1.36. The Morgan fingerprint density at radius 2 is 1.71 bits per heavy atom. The van der Waals surface area contributed by atoms with Gasteiger partial charge < -0.3 is 20.1 Å². The van der Waals surface area contributed by atoms with E-state index in [4.69, 9.17) is 26.8 Å². The number of ether oxygens (including phenoxy) is 2. The third-order valence-electron chi connectivity index (χ3n) is 4.51. The maximum absolute atomic E-state index is 6.44. The maximum Gasteiger partial charge on any atom is 0.191 e. The molecular formula is C17H25ClN4O2. The first-order chi connectivity index (χ1) is 11.8. The molecule has 0 radical (unpaired) electrons. The van der Waals surface area contributed by atoms with E-state index in [2.05, 4.69) is 20.9 Å².